The number of rotatable bonds is 5. The van der Waals surface area contributed by atoms with E-state index in [1.54, 1.807) is 12.1 Å². The summed E-state index contributed by atoms with van der Waals surface area (Å²) in [7, 11) is 0. The van der Waals surface area contributed by atoms with Gasteiger partial charge in [0, 0.05) is 32.6 Å². The van der Waals surface area contributed by atoms with Crippen molar-refractivity contribution in [3.05, 3.63) is 62.0 Å². The molecule has 2 aromatic carbocycles. The minimum Gasteiger partial charge on any atom is -0.488 e. The zero-order valence-corrected chi connectivity index (χ0v) is 15.2. The number of hydrazone groups is 1. The zero-order chi connectivity index (χ0) is 16.8. The van der Waals surface area contributed by atoms with E-state index < -0.39 is 0 Å². The third-order valence-corrected chi connectivity index (χ3v) is 3.88. The van der Waals surface area contributed by atoms with Crippen LogP contribution in [0.1, 0.15) is 18.1 Å². The van der Waals surface area contributed by atoms with Gasteiger partial charge in [0.05, 0.1) is 6.21 Å². The molecule has 0 atom stereocenters. The highest BCUT2D eigenvalue weighted by molar-refractivity contribution is 9.10. The Balaban J connectivity index is 2.15. The van der Waals surface area contributed by atoms with E-state index in [9.17, 15) is 4.79 Å². The summed E-state index contributed by atoms with van der Waals surface area (Å²) in [4.78, 5) is 10.9. The van der Waals surface area contributed by atoms with Crippen LogP contribution in [0.2, 0.25) is 10.0 Å². The van der Waals surface area contributed by atoms with Gasteiger partial charge in [-0.1, -0.05) is 45.2 Å². The molecule has 0 aliphatic rings. The van der Waals surface area contributed by atoms with Gasteiger partial charge in [0.2, 0.25) is 5.91 Å². The van der Waals surface area contributed by atoms with E-state index in [-0.39, 0.29) is 5.91 Å². The molecule has 120 valence electrons. The van der Waals surface area contributed by atoms with Crippen molar-refractivity contribution in [3.63, 3.8) is 0 Å². The Bertz CT molecular complexity index is 751. The average molecular weight is 416 g/mol. The molecule has 0 saturated heterocycles. The van der Waals surface area contributed by atoms with Crippen molar-refractivity contribution in [2.45, 2.75) is 13.5 Å². The van der Waals surface area contributed by atoms with Crippen molar-refractivity contribution < 1.29 is 9.53 Å². The average Bonchev–Trinajstić information content (AvgIpc) is 2.47. The van der Waals surface area contributed by atoms with E-state index >= 15 is 0 Å². The first-order chi connectivity index (χ1) is 11.0. The lowest BCUT2D eigenvalue weighted by Gasteiger charge is -2.11. The minimum absolute atomic E-state index is 0.244. The van der Waals surface area contributed by atoms with Crippen LogP contribution in [0, 0.1) is 0 Å². The second-order valence-corrected chi connectivity index (χ2v) is 6.39. The van der Waals surface area contributed by atoms with E-state index in [1.807, 2.05) is 24.3 Å². The molecular formula is C16H13BrCl2N2O2. The number of benzene rings is 2. The fourth-order valence-corrected chi connectivity index (χ4v) is 2.58. The molecule has 1 amide bonds. The molecular weight excluding hydrogens is 403 g/mol. The van der Waals surface area contributed by atoms with Gasteiger partial charge < -0.3 is 4.74 Å². The predicted octanol–water partition coefficient (Wildman–Crippen LogP) is 4.80. The number of carbonyl (C=O) groups excluding carboxylic acids is 1. The SMILES string of the molecule is CC(=O)N/N=C/c1cc(Br)ccc1OCc1ccc(Cl)cc1Cl. The van der Waals surface area contributed by atoms with Crippen LogP contribution >= 0.6 is 39.1 Å². The number of amides is 1. The van der Waals surface area contributed by atoms with E-state index in [4.69, 9.17) is 27.9 Å². The molecule has 2 rings (SSSR count). The molecule has 0 bridgehead atoms. The first kappa shape index (κ1) is 17.8. The van der Waals surface area contributed by atoms with E-state index in [2.05, 4.69) is 26.5 Å². The maximum Gasteiger partial charge on any atom is 0.236 e. The standard InChI is InChI=1S/C16H13BrCl2N2O2/c1-10(22)21-20-8-12-6-13(17)3-5-16(12)23-9-11-2-4-14(18)7-15(11)19/h2-8H,9H2,1H3,(H,21,22)/b20-8+. The Morgan fingerprint density at radius 2 is 2.09 bits per heavy atom. The van der Waals surface area contributed by atoms with Gasteiger partial charge in [-0.3, -0.25) is 4.79 Å². The van der Waals surface area contributed by atoms with Crippen LogP contribution in [0.4, 0.5) is 0 Å². The molecule has 0 radical (unpaired) electrons. The molecule has 0 spiro atoms. The Hall–Kier alpha value is -1.56. The summed E-state index contributed by atoms with van der Waals surface area (Å²) in [6, 6.07) is 10.7. The quantitative estimate of drug-likeness (QED) is 0.562. The Labute approximate surface area is 152 Å². The van der Waals surface area contributed by atoms with Crippen molar-refractivity contribution >= 4 is 51.3 Å². The predicted molar refractivity (Wildman–Crippen MR) is 96.3 cm³/mol. The lowest BCUT2D eigenvalue weighted by atomic mass is 10.2. The molecule has 1 N–H and O–H groups in total. The third-order valence-electron chi connectivity index (χ3n) is 2.80. The smallest absolute Gasteiger partial charge is 0.236 e. The molecule has 0 heterocycles. The highest BCUT2D eigenvalue weighted by atomic mass is 79.9. The van der Waals surface area contributed by atoms with Crippen molar-refractivity contribution in [2.75, 3.05) is 0 Å². The summed E-state index contributed by atoms with van der Waals surface area (Å²) in [5.41, 5.74) is 3.90. The topological polar surface area (TPSA) is 50.7 Å². The Morgan fingerprint density at radius 3 is 2.78 bits per heavy atom. The van der Waals surface area contributed by atoms with Gasteiger partial charge in [-0.15, -0.1) is 0 Å². The summed E-state index contributed by atoms with van der Waals surface area (Å²) in [6.45, 7) is 1.68. The number of halogens is 3. The summed E-state index contributed by atoms with van der Waals surface area (Å²) < 4.78 is 6.68. The van der Waals surface area contributed by atoms with Gasteiger partial charge in [-0.05, 0) is 30.3 Å². The maximum absolute atomic E-state index is 10.9. The molecule has 0 fully saturated rings. The van der Waals surface area contributed by atoms with Crippen LogP contribution in [-0.4, -0.2) is 12.1 Å². The van der Waals surface area contributed by atoms with Gasteiger partial charge in [0.15, 0.2) is 0 Å². The number of ether oxygens (including phenoxy) is 1. The third kappa shape index (κ3) is 5.53. The van der Waals surface area contributed by atoms with Crippen LogP contribution in [0.15, 0.2) is 46.0 Å². The van der Waals surface area contributed by atoms with Crippen LogP contribution in [0.25, 0.3) is 0 Å². The van der Waals surface area contributed by atoms with Gasteiger partial charge in [0.25, 0.3) is 0 Å². The van der Waals surface area contributed by atoms with Crippen LogP contribution in [0.3, 0.4) is 0 Å². The summed E-state index contributed by atoms with van der Waals surface area (Å²) >= 11 is 15.4. The molecule has 7 heteroatoms. The molecule has 0 aliphatic carbocycles. The fraction of sp³-hybridized carbons (Fsp3) is 0.125. The van der Waals surface area contributed by atoms with Crippen LogP contribution in [0.5, 0.6) is 5.75 Å². The van der Waals surface area contributed by atoms with Gasteiger partial charge in [-0.25, -0.2) is 5.43 Å². The first-order valence-electron chi connectivity index (χ1n) is 6.61. The van der Waals surface area contributed by atoms with Crippen molar-refractivity contribution in [1.82, 2.24) is 5.43 Å². The van der Waals surface area contributed by atoms with Crippen molar-refractivity contribution in [3.8, 4) is 5.75 Å². The maximum atomic E-state index is 10.9. The number of hydrogen-bond donors (Lipinski definition) is 1. The molecule has 0 aromatic heterocycles. The fourth-order valence-electron chi connectivity index (χ4n) is 1.74. The molecule has 0 unspecified atom stereocenters. The largest absolute Gasteiger partial charge is 0.488 e. The lowest BCUT2D eigenvalue weighted by Crippen LogP contribution is -2.12. The Morgan fingerprint density at radius 1 is 1.30 bits per heavy atom. The number of nitrogens with one attached hydrogen (secondary N) is 1. The molecule has 0 aliphatic heterocycles. The van der Waals surface area contributed by atoms with Gasteiger partial charge in [0.1, 0.15) is 12.4 Å². The van der Waals surface area contributed by atoms with E-state index in [1.165, 1.54) is 13.1 Å². The highest BCUT2D eigenvalue weighted by Crippen LogP contribution is 2.25. The first-order valence-corrected chi connectivity index (χ1v) is 8.16. The molecule has 0 saturated carbocycles. The normalized spacial score (nSPS) is 10.8. The van der Waals surface area contributed by atoms with Crippen molar-refractivity contribution in [2.24, 2.45) is 5.10 Å². The van der Waals surface area contributed by atoms with Crippen LogP contribution in [-0.2, 0) is 11.4 Å². The van der Waals surface area contributed by atoms with E-state index in [0.717, 1.165) is 15.6 Å². The second kappa shape index (κ2) is 8.34. The van der Waals surface area contributed by atoms with Gasteiger partial charge in [-0.2, -0.15) is 5.10 Å². The van der Waals surface area contributed by atoms with E-state index in [0.29, 0.717) is 22.4 Å². The number of nitrogens with zero attached hydrogens (tertiary/aromatic N) is 1. The number of hydrogen-bond acceptors (Lipinski definition) is 3. The minimum atomic E-state index is -0.244. The Kier molecular flexibility index (Phi) is 6.45. The zero-order valence-electron chi connectivity index (χ0n) is 12.1. The molecule has 2 aromatic rings. The van der Waals surface area contributed by atoms with Gasteiger partial charge >= 0.3 is 0 Å². The lowest BCUT2D eigenvalue weighted by molar-refractivity contribution is -0.118. The highest BCUT2D eigenvalue weighted by Gasteiger charge is 2.06. The summed E-state index contributed by atoms with van der Waals surface area (Å²) in [5, 5.41) is 4.98. The van der Waals surface area contributed by atoms with Crippen molar-refractivity contribution in [1.29, 1.82) is 0 Å². The second-order valence-electron chi connectivity index (χ2n) is 4.63. The molecule has 23 heavy (non-hydrogen) atoms. The summed E-state index contributed by atoms with van der Waals surface area (Å²) in [6.07, 6.45) is 1.52. The summed E-state index contributed by atoms with van der Waals surface area (Å²) in [5.74, 6) is 0.375. The molecule has 4 nitrogen and oxygen atoms in total. The number of carbonyl (C=O) groups is 1. The van der Waals surface area contributed by atoms with Crippen LogP contribution < -0.4 is 10.2 Å². The monoisotopic (exact) mass is 414 g/mol.